The number of amides is 1. The molecule has 18 heavy (non-hydrogen) atoms. The summed E-state index contributed by atoms with van der Waals surface area (Å²) in [6.45, 7) is 3.45. The van der Waals surface area contributed by atoms with Crippen molar-refractivity contribution in [2.24, 2.45) is 5.92 Å². The molecule has 1 aromatic rings. The van der Waals surface area contributed by atoms with E-state index in [0.717, 1.165) is 13.0 Å². The molecule has 1 fully saturated rings. The molecule has 2 unspecified atom stereocenters. The Hall–Kier alpha value is -1.29. The van der Waals surface area contributed by atoms with E-state index in [4.69, 9.17) is 16.3 Å². The Morgan fingerprint density at radius 3 is 3.06 bits per heavy atom. The predicted octanol–water partition coefficient (Wildman–Crippen LogP) is 2.18. The number of piperidine rings is 1. The van der Waals surface area contributed by atoms with Crippen LogP contribution in [0, 0.1) is 5.92 Å². The second-order valence-corrected chi connectivity index (χ2v) is 5.17. The molecule has 0 radical (unpaired) electrons. The fourth-order valence-corrected chi connectivity index (χ4v) is 2.39. The van der Waals surface area contributed by atoms with Gasteiger partial charge in [-0.15, -0.1) is 11.6 Å². The van der Waals surface area contributed by atoms with E-state index >= 15 is 0 Å². The van der Waals surface area contributed by atoms with Crippen molar-refractivity contribution in [2.45, 2.75) is 18.7 Å². The summed E-state index contributed by atoms with van der Waals surface area (Å²) >= 11 is 6.23. The van der Waals surface area contributed by atoms with Crippen LogP contribution < -0.4 is 4.74 Å². The summed E-state index contributed by atoms with van der Waals surface area (Å²) in [5.74, 6) is 0.925. The first-order valence-corrected chi connectivity index (χ1v) is 6.48. The number of pyridine rings is 1. The maximum atomic E-state index is 12.4. The monoisotopic (exact) mass is 268 g/mol. The number of alkyl halides is 1. The molecule has 0 bridgehead atoms. The maximum Gasteiger partial charge on any atom is 0.257 e. The smallest absolute Gasteiger partial charge is 0.257 e. The summed E-state index contributed by atoms with van der Waals surface area (Å²) < 4.78 is 5.16. The minimum absolute atomic E-state index is 0.0236. The van der Waals surface area contributed by atoms with E-state index in [-0.39, 0.29) is 11.3 Å². The van der Waals surface area contributed by atoms with Gasteiger partial charge in [-0.3, -0.25) is 9.78 Å². The van der Waals surface area contributed by atoms with Crippen molar-refractivity contribution in [3.05, 3.63) is 24.0 Å². The molecule has 2 heterocycles. The molecule has 1 amide bonds. The number of likely N-dealkylation sites (tertiary alicyclic amines) is 1. The lowest BCUT2D eigenvalue weighted by molar-refractivity contribution is 0.0698. The molecule has 4 nitrogen and oxygen atoms in total. The summed E-state index contributed by atoms with van der Waals surface area (Å²) in [6, 6.07) is 1.68. The van der Waals surface area contributed by atoms with E-state index in [2.05, 4.69) is 11.9 Å². The lowest BCUT2D eigenvalue weighted by atomic mass is 9.98. The fraction of sp³-hybridized carbons (Fsp3) is 0.538. The minimum Gasteiger partial charge on any atom is -0.494 e. The highest BCUT2D eigenvalue weighted by Gasteiger charge is 2.29. The van der Waals surface area contributed by atoms with Crippen LogP contribution in [0.3, 0.4) is 0 Å². The third kappa shape index (κ3) is 2.58. The molecule has 1 saturated heterocycles. The van der Waals surface area contributed by atoms with Crippen LogP contribution in [0.25, 0.3) is 0 Å². The summed E-state index contributed by atoms with van der Waals surface area (Å²) in [4.78, 5) is 18.1. The van der Waals surface area contributed by atoms with Gasteiger partial charge in [-0.2, -0.15) is 0 Å². The highest BCUT2D eigenvalue weighted by Crippen LogP contribution is 2.25. The first-order chi connectivity index (χ1) is 8.63. The van der Waals surface area contributed by atoms with Crippen LogP contribution in [0.5, 0.6) is 5.75 Å². The van der Waals surface area contributed by atoms with E-state index < -0.39 is 0 Å². The van der Waals surface area contributed by atoms with Gasteiger partial charge < -0.3 is 9.64 Å². The van der Waals surface area contributed by atoms with Crippen molar-refractivity contribution in [1.82, 2.24) is 9.88 Å². The third-order valence-corrected chi connectivity index (χ3v) is 3.96. The van der Waals surface area contributed by atoms with Gasteiger partial charge in [0.25, 0.3) is 5.91 Å². The molecular weight excluding hydrogens is 252 g/mol. The van der Waals surface area contributed by atoms with Gasteiger partial charge in [-0.25, -0.2) is 0 Å². The standard InChI is InChI=1S/C13H17ClN2O2/c1-9-4-6-16(8-11(9)14)13(17)10-3-5-15-7-12(10)18-2/h3,5,7,9,11H,4,6,8H2,1-2H3. The van der Waals surface area contributed by atoms with E-state index in [9.17, 15) is 4.79 Å². The molecule has 1 aromatic heterocycles. The normalized spacial score (nSPS) is 23.8. The van der Waals surface area contributed by atoms with Crippen LogP contribution in [0.2, 0.25) is 0 Å². The molecule has 0 saturated carbocycles. The first-order valence-electron chi connectivity index (χ1n) is 6.05. The summed E-state index contributed by atoms with van der Waals surface area (Å²) in [7, 11) is 1.54. The Labute approximate surface area is 112 Å². The van der Waals surface area contributed by atoms with E-state index in [0.29, 0.717) is 23.8 Å². The summed E-state index contributed by atoms with van der Waals surface area (Å²) in [6.07, 6.45) is 4.09. The zero-order chi connectivity index (χ0) is 13.1. The second-order valence-electron chi connectivity index (χ2n) is 4.61. The number of methoxy groups -OCH3 is 1. The third-order valence-electron chi connectivity index (χ3n) is 3.39. The zero-order valence-corrected chi connectivity index (χ0v) is 11.4. The van der Waals surface area contributed by atoms with Gasteiger partial charge in [0.2, 0.25) is 0 Å². The average molecular weight is 269 g/mol. The number of halogens is 1. The molecule has 0 spiro atoms. The van der Waals surface area contributed by atoms with Crippen molar-refractivity contribution in [3.63, 3.8) is 0 Å². The lowest BCUT2D eigenvalue weighted by Crippen LogP contribution is -2.43. The first kappa shape index (κ1) is 13.1. The van der Waals surface area contributed by atoms with E-state index in [1.165, 1.54) is 7.11 Å². The van der Waals surface area contributed by atoms with Crippen molar-refractivity contribution in [3.8, 4) is 5.75 Å². The van der Waals surface area contributed by atoms with Gasteiger partial charge in [-0.1, -0.05) is 6.92 Å². The summed E-state index contributed by atoms with van der Waals surface area (Å²) in [5, 5.41) is 0.0236. The molecule has 5 heteroatoms. The second kappa shape index (κ2) is 5.57. The molecule has 98 valence electrons. The quantitative estimate of drug-likeness (QED) is 0.772. The van der Waals surface area contributed by atoms with Crippen LogP contribution in [0.4, 0.5) is 0 Å². The number of ether oxygens (including phenoxy) is 1. The maximum absolute atomic E-state index is 12.4. The number of nitrogens with zero attached hydrogens (tertiary/aromatic N) is 2. The van der Waals surface area contributed by atoms with Gasteiger partial charge in [0.1, 0.15) is 5.75 Å². The highest BCUT2D eigenvalue weighted by molar-refractivity contribution is 6.21. The molecule has 0 N–H and O–H groups in total. The van der Waals surface area contributed by atoms with Gasteiger partial charge in [0.05, 0.1) is 24.2 Å². The Morgan fingerprint density at radius 2 is 2.39 bits per heavy atom. The number of carbonyl (C=O) groups is 1. The van der Waals surface area contributed by atoms with Gasteiger partial charge in [0, 0.05) is 19.3 Å². The molecule has 0 aliphatic carbocycles. The highest BCUT2D eigenvalue weighted by atomic mass is 35.5. The molecular formula is C13H17ClN2O2. The van der Waals surface area contributed by atoms with Gasteiger partial charge in [0.15, 0.2) is 0 Å². The van der Waals surface area contributed by atoms with E-state index in [1.54, 1.807) is 23.4 Å². The molecule has 0 aromatic carbocycles. The van der Waals surface area contributed by atoms with Crippen molar-refractivity contribution < 1.29 is 9.53 Å². The molecule has 2 atom stereocenters. The van der Waals surface area contributed by atoms with Crippen molar-refractivity contribution in [1.29, 1.82) is 0 Å². The fourth-order valence-electron chi connectivity index (χ4n) is 2.10. The average Bonchev–Trinajstić information content (AvgIpc) is 2.41. The van der Waals surface area contributed by atoms with Crippen LogP contribution >= 0.6 is 11.6 Å². The van der Waals surface area contributed by atoms with Crippen molar-refractivity contribution >= 4 is 17.5 Å². The number of hydrogen-bond donors (Lipinski definition) is 0. The van der Waals surface area contributed by atoms with Crippen LogP contribution in [0.15, 0.2) is 18.5 Å². The van der Waals surface area contributed by atoms with Crippen LogP contribution in [-0.2, 0) is 0 Å². The van der Waals surface area contributed by atoms with Crippen LogP contribution in [0.1, 0.15) is 23.7 Å². The van der Waals surface area contributed by atoms with Gasteiger partial charge >= 0.3 is 0 Å². The van der Waals surface area contributed by atoms with Crippen molar-refractivity contribution in [2.75, 3.05) is 20.2 Å². The number of rotatable bonds is 2. The SMILES string of the molecule is COc1cnccc1C(=O)N1CCC(C)C(Cl)C1. The molecule has 2 rings (SSSR count). The lowest BCUT2D eigenvalue weighted by Gasteiger charge is -2.34. The Balaban J connectivity index is 2.16. The van der Waals surface area contributed by atoms with Gasteiger partial charge in [-0.05, 0) is 18.4 Å². The predicted molar refractivity (Wildman–Crippen MR) is 70.1 cm³/mol. The molecule has 1 aliphatic rings. The number of aromatic nitrogens is 1. The van der Waals surface area contributed by atoms with Crippen LogP contribution in [-0.4, -0.2) is 41.4 Å². The Kier molecular flexibility index (Phi) is 4.07. The largest absolute Gasteiger partial charge is 0.494 e. The molecule has 1 aliphatic heterocycles. The number of carbonyl (C=O) groups excluding carboxylic acids is 1. The summed E-state index contributed by atoms with van der Waals surface area (Å²) in [5.41, 5.74) is 0.547. The topological polar surface area (TPSA) is 42.4 Å². The van der Waals surface area contributed by atoms with E-state index in [1.807, 2.05) is 0 Å². The minimum atomic E-state index is -0.0354. The number of hydrogen-bond acceptors (Lipinski definition) is 3. The zero-order valence-electron chi connectivity index (χ0n) is 10.6. The Morgan fingerprint density at radius 1 is 1.61 bits per heavy atom. The Bertz CT molecular complexity index is 439.